The van der Waals surface area contributed by atoms with Crippen LogP contribution in [0.25, 0.3) is 0 Å². The van der Waals surface area contributed by atoms with Gasteiger partial charge in [0.25, 0.3) is 0 Å². The number of esters is 1. The minimum Gasteiger partial charge on any atom is -0.461 e. The van der Waals surface area contributed by atoms with Crippen molar-refractivity contribution in [3.05, 3.63) is 29.8 Å². The van der Waals surface area contributed by atoms with E-state index in [0.29, 0.717) is 25.9 Å². The van der Waals surface area contributed by atoms with Gasteiger partial charge in [-0.2, -0.15) is 0 Å². The normalized spacial score (nSPS) is 44.4. The van der Waals surface area contributed by atoms with Gasteiger partial charge in [0.1, 0.15) is 11.2 Å². The average Bonchev–Trinajstić information content (AvgIpc) is 3.52. The minimum absolute atomic E-state index is 0.0402. The summed E-state index contributed by atoms with van der Waals surface area (Å²) in [6, 6.07) is 6.16. The zero-order chi connectivity index (χ0) is 36.0. The summed E-state index contributed by atoms with van der Waals surface area (Å²) >= 11 is 0. The summed E-state index contributed by atoms with van der Waals surface area (Å²) in [7, 11) is 6.69. The Kier molecular flexibility index (Phi) is 8.93. The van der Waals surface area contributed by atoms with Crippen LogP contribution in [0.1, 0.15) is 56.3 Å². The van der Waals surface area contributed by atoms with Crippen molar-refractivity contribution in [1.82, 2.24) is 4.90 Å². The van der Waals surface area contributed by atoms with Crippen molar-refractivity contribution >= 4 is 23.5 Å². The number of hydrogen-bond donors (Lipinski definition) is 4. The molecule has 13 heteroatoms. The molecule has 6 fully saturated rings. The third kappa shape index (κ3) is 4.46. The van der Waals surface area contributed by atoms with E-state index in [2.05, 4.69) is 17.1 Å². The Balaban J connectivity index is 1.29. The molecule has 5 saturated carbocycles. The highest BCUT2D eigenvalue weighted by molar-refractivity contribution is 6.02. The van der Waals surface area contributed by atoms with Crippen LogP contribution in [0, 0.1) is 40.4 Å². The molecule has 1 spiro atoms. The maximum atomic E-state index is 14.0. The fourth-order valence-corrected chi connectivity index (χ4v) is 12.7. The highest BCUT2D eigenvalue weighted by Gasteiger charge is 2.91. The molecule has 0 radical (unpaired) electrons. The molecule has 50 heavy (non-hydrogen) atoms. The number of likely N-dealkylation sites (N-methyl/N-ethyl adjacent to an activating group) is 1. The molecule has 0 aromatic heterocycles. The Morgan fingerprint density at radius 1 is 1.08 bits per heavy atom. The van der Waals surface area contributed by atoms with Crippen LogP contribution in [-0.2, 0) is 33.3 Å². The Morgan fingerprint density at radius 2 is 1.82 bits per heavy atom. The first-order valence-electron chi connectivity index (χ1n) is 18.0. The fourth-order valence-electron chi connectivity index (χ4n) is 12.7. The van der Waals surface area contributed by atoms with Gasteiger partial charge in [0.15, 0.2) is 0 Å². The van der Waals surface area contributed by atoms with Crippen LogP contribution in [0.2, 0.25) is 0 Å². The number of nitrogens with one attached hydrogen (secondary N) is 1. The van der Waals surface area contributed by atoms with Gasteiger partial charge in [-0.05, 0) is 43.9 Å². The standard InChI is InChI=1S/C37H53N3O10/c1-7-40-17-34(18-50-32(43)20-10-8-9-11-23(20)39-31(42)19(2)14-26(38)41)13-12-25(47-4)36-22-15-21-24(46-3)16-35(44,27(22)28(21)48-5)37(45,33(36)40)30(49-6)29(34)36/h8-11,19,21-22,24-25,27-30,33,44-45H,7,12-18H2,1-6H3,(H2,38,41)(H,39,42)/t19-,21+,22+,24-,25-,27+,28-,29+,30-,33-,34-,35+,36-,37-/m0/s1. The number of amides is 2. The van der Waals surface area contributed by atoms with Gasteiger partial charge in [-0.3, -0.25) is 14.5 Å². The topological polar surface area (TPSA) is 179 Å². The summed E-state index contributed by atoms with van der Waals surface area (Å²) < 4.78 is 31.3. The van der Waals surface area contributed by atoms with Crippen LogP contribution in [0.4, 0.5) is 5.69 Å². The number of nitrogens with two attached hydrogens (primary N) is 1. The lowest BCUT2D eigenvalue weighted by atomic mass is 9.42. The van der Waals surface area contributed by atoms with E-state index in [-0.39, 0.29) is 72.7 Å². The SMILES string of the molecule is CCN1C[C@]2(COC(=O)c3ccccc3NC(=O)[C@@H](C)CC(N)=O)CC[C@H](OC)[C@@]34[C@@H]5C[C@H]6[C@H](OC)[C@@H]5[C@](O)(C[C@@H]6OC)[C@](O)([C@@H](OC)[C@H]23)[C@@H]14. The molecular formula is C37H53N3O10. The van der Waals surface area contributed by atoms with Crippen LogP contribution in [0.15, 0.2) is 24.3 Å². The highest BCUT2D eigenvalue weighted by Crippen LogP contribution is 2.80. The number of aliphatic hydroxyl groups is 2. The van der Waals surface area contributed by atoms with E-state index in [1.54, 1.807) is 59.6 Å². The van der Waals surface area contributed by atoms with Crippen molar-refractivity contribution in [3.63, 3.8) is 0 Å². The van der Waals surface area contributed by atoms with E-state index < -0.39 is 57.9 Å². The zero-order valence-electron chi connectivity index (χ0n) is 29.9. The van der Waals surface area contributed by atoms with Crippen LogP contribution in [-0.4, -0.2) is 123 Å². The number of primary amides is 1. The first-order valence-corrected chi connectivity index (χ1v) is 18.0. The van der Waals surface area contributed by atoms with Gasteiger partial charge in [0, 0.05) is 82.3 Å². The predicted octanol–water partition coefficient (Wildman–Crippen LogP) is 1.59. The van der Waals surface area contributed by atoms with Crippen molar-refractivity contribution in [2.45, 2.75) is 87.6 Å². The van der Waals surface area contributed by atoms with Crippen molar-refractivity contribution in [2.24, 2.45) is 46.2 Å². The maximum absolute atomic E-state index is 14.0. The average molecular weight is 700 g/mol. The Hall–Kier alpha value is -2.65. The molecule has 0 unspecified atom stereocenters. The lowest BCUT2D eigenvalue weighted by Gasteiger charge is -2.70. The number of para-hydroxylation sites is 1. The van der Waals surface area contributed by atoms with Crippen LogP contribution >= 0.6 is 0 Å². The van der Waals surface area contributed by atoms with E-state index in [4.69, 9.17) is 29.4 Å². The molecule has 1 heterocycles. The molecule has 7 rings (SSSR count). The van der Waals surface area contributed by atoms with Crippen molar-refractivity contribution in [1.29, 1.82) is 0 Å². The fraction of sp³-hybridized carbons (Fsp3) is 0.757. The molecule has 13 nitrogen and oxygen atoms in total. The summed E-state index contributed by atoms with van der Waals surface area (Å²) in [5.74, 6) is -3.02. The maximum Gasteiger partial charge on any atom is 0.340 e. The number of nitrogens with zero attached hydrogens (tertiary/aromatic N) is 1. The zero-order valence-corrected chi connectivity index (χ0v) is 29.9. The van der Waals surface area contributed by atoms with Crippen molar-refractivity contribution in [2.75, 3.05) is 53.5 Å². The number of likely N-dealkylation sites (tertiary alicyclic amines) is 1. The lowest BCUT2D eigenvalue weighted by molar-refractivity contribution is -0.320. The molecule has 1 aromatic carbocycles. The largest absolute Gasteiger partial charge is 0.461 e. The van der Waals surface area contributed by atoms with E-state index in [0.717, 1.165) is 6.42 Å². The van der Waals surface area contributed by atoms with Crippen molar-refractivity contribution in [3.8, 4) is 0 Å². The molecular weight excluding hydrogens is 646 g/mol. The van der Waals surface area contributed by atoms with E-state index >= 15 is 0 Å². The van der Waals surface area contributed by atoms with Crippen LogP contribution in [0.5, 0.6) is 0 Å². The Labute approximate surface area is 293 Å². The number of hydrogen-bond acceptors (Lipinski definition) is 11. The molecule has 5 aliphatic carbocycles. The van der Waals surface area contributed by atoms with Gasteiger partial charge in [0.2, 0.25) is 11.8 Å². The second-order valence-electron chi connectivity index (χ2n) is 15.9. The van der Waals surface area contributed by atoms with Crippen molar-refractivity contribution < 1.29 is 48.3 Å². The number of benzene rings is 1. The molecule has 1 saturated heterocycles. The molecule has 5 N–H and O–H groups in total. The first kappa shape index (κ1) is 35.7. The van der Waals surface area contributed by atoms with Gasteiger partial charge in [-0.25, -0.2) is 4.79 Å². The second-order valence-corrected chi connectivity index (χ2v) is 15.9. The second kappa shape index (κ2) is 12.5. The van der Waals surface area contributed by atoms with E-state index in [9.17, 15) is 24.6 Å². The quantitative estimate of drug-likeness (QED) is 0.233. The van der Waals surface area contributed by atoms with E-state index in [1.807, 2.05) is 0 Å². The predicted molar refractivity (Wildman–Crippen MR) is 180 cm³/mol. The Bertz CT molecular complexity index is 1530. The number of ether oxygens (including phenoxy) is 5. The number of carbonyl (C=O) groups is 3. The van der Waals surface area contributed by atoms with Gasteiger partial charge < -0.3 is 44.9 Å². The molecule has 6 aliphatic rings. The number of piperidine rings is 1. The highest BCUT2D eigenvalue weighted by atomic mass is 16.5. The molecule has 7 bridgehead atoms. The Morgan fingerprint density at radius 3 is 2.46 bits per heavy atom. The van der Waals surface area contributed by atoms with Crippen LogP contribution < -0.4 is 11.1 Å². The molecule has 276 valence electrons. The third-order valence-electron chi connectivity index (χ3n) is 14.2. The summed E-state index contributed by atoms with van der Waals surface area (Å²) in [5, 5.41) is 29.3. The summed E-state index contributed by atoms with van der Waals surface area (Å²) in [6.07, 6.45) is 0.586. The number of fused-ring (bicyclic) bond motifs is 2. The van der Waals surface area contributed by atoms with Crippen LogP contribution in [0.3, 0.4) is 0 Å². The summed E-state index contributed by atoms with van der Waals surface area (Å²) in [6.45, 7) is 4.84. The van der Waals surface area contributed by atoms with E-state index in [1.165, 1.54) is 0 Å². The molecule has 14 atom stereocenters. The number of rotatable bonds is 12. The monoisotopic (exact) mass is 699 g/mol. The van der Waals surface area contributed by atoms with Gasteiger partial charge >= 0.3 is 5.97 Å². The first-order chi connectivity index (χ1) is 23.8. The van der Waals surface area contributed by atoms with Gasteiger partial charge in [0.05, 0.1) is 48.3 Å². The number of anilines is 1. The smallest absolute Gasteiger partial charge is 0.340 e. The number of carbonyl (C=O) groups excluding carboxylic acids is 3. The lowest BCUT2D eigenvalue weighted by Crippen LogP contribution is -2.82. The molecule has 1 aliphatic heterocycles. The summed E-state index contributed by atoms with van der Waals surface area (Å²) in [4.78, 5) is 40.5. The summed E-state index contributed by atoms with van der Waals surface area (Å²) in [5.41, 5.74) is 1.21. The molecule has 2 amide bonds. The number of methoxy groups -OCH3 is 4. The van der Waals surface area contributed by atoms with Gasteiger partial charge in [-0.1, -0.05) is 26.0 Å². The van der Waals surface area contributed by atoms with Gasteiger partial charge in [-0.15, -0.1) is 0 Å². The minimum atomic E-state index is -1.70. The molecule has 1 aromatic rings. The third-order valence-corrected chi connectivity index (χ3v) is 14.2.